The maximum absolute atomic E-state index is 5.20. The lowest BCUT2D eigenvalue weighted by Gasteiger charge is -2.23. The molecule has 0 unspecified atom stereocenters. The van der Waals surface area contributed by atoms with Crippen molar-refractivity contribution in [1.82, 2.24) is 15.0 Å². The number of aromatic amines is 1. The molecule has 0 aliphatic carbocycles. The van der Waals surface area contributed by atoms with Crippen LogP contribution in [0.4, 0.5) is 0 Å². The summed E-state index contributed by atoms with van der Waals surface area (Å²) < 4.78 is 5.20. The maximum atomic E-state index is 5.20. The van der Waals surface area contributed by atoms with Crippen molar-refractivity contribution >= 4 is 6.21 Å². The Morgan fingerprint density at radius 2 is 2.38 bits per heavy atom. The summed E-state index contributed by atoms with van der Waals surface area (Å²) in [5, 5.41) is 6.24. The monoisotopic (exact) mass is 180 g/mol. The van der Waals surface area contributed by atoms with E-state index in [1.54, 1.807) is 18.6 Å². The van der Waals surface area contributed by atoms with Crippen molar-refractivity contribution in [2.75, 3.05) is 26.3 Å². The zero-order chi connectivity index (χ0) is 8.93. The maximum Gasteiger partial charge on any atom is 0.150 e. The molecule has 1 aliphatic rings. The van der Waals surface area contributed by atoms with E-state index in [0.717, 1.165) is 32.1 Å². The fraction of sp³-hybridized carbons (Fsp3) is 0.500. The molecule has 5 nitrogen and oxygen atoms in total. The van der Waals surface area contributed by atoms with Crippen LogP contribution in [0.1, 0.15) is 5.82 Å². The summed E-state index contributed by atoms with van der Waals surface area (Å²) in [5.74, 6) is 0.784. The molecule has 0 saturated carbocycles. The van der Waals surface area contributed by atoms with Gasteiger partial charge in [-0.1, -0.05) is 0 Å². The van der Waals surface area contributed by atoms with E-state index in [-0.39, 0.29) is 0 Å². The van der Waals surface area contributed by atoms with Gasteiger partial charge in [0.25, 0.3) is 0 Å². The summed E-state index contributed by atoms with van der Waals surface area (Å²) in [6.07, 6.45) is 5.21. The summed E-state index contributed by atoms with van der Waals surface area (Å²) in [6, 6.07) is 0. The van der Waals surface area contributed by atoms with E-state index >= 15 is 0 Å². The van der Waals surface area contributed by atoms with Gasteiger partial charge in [0, 0.05) is 12.4 Å². The van der Waals surface area contributed by atoms with Crippen LogP contribution < -0.4 is 0 Å². The number of ether oxygens (including phenoxy) is 1. The SMILES string of the molecule is C(=N\N1CCOCC1)/c1ncc[nH]1. The highest BCUT2D eigenvalue weighted by molar-refractivity contribution is 5.73. The first kappa shape index (κ1) is 8.25. The second-order valence-electron chi connectivity index (χ2n) is 2.79. The van der Waals surface area contributed by atoms with Gasteiger partial charge in [0.1, 0.15) is 5.82 Å². The van der Waals surface area contributed by atoms with Crippen molar-refractivity contribution in [3.8, 4) is 0 Å². The molecule has 0 bridgehead atoms. The van der Waals surface area contributed by atoms with Gasteiger partial charge in [-0.05, 0) is 0 Å². The molecule has 0 aromatic carbocycles. The van der Waals surface area contributed by atoms with Crippen molar-refractivity contribution in [3.63, 3.8) is 0 Å². The van der Waals surface area contributed by atoms with Gasteiger partial charge >= 0.3 is 0 Å². The van der Waals surface area contributed by atoms with Crippen LogP contribution in [0.5, 0.6) is 0 Å². The van der Waals surface area contributed by atoms with Crippen LogP contribution in [0, 0.1) is 0 Å². The average Bonchev–Trinajstić information content (AvgIpc) is 2.69. The second-order valence-corrected chi connectivity index (χ2v) is 2.79. The third kappa shape index (κ3) is 2.29. The first-order valence-corrected chi connectivity index (χ1v) is 4.31. The van der Waals surface area contributed by atoms with E-state index in [1.165, 1.54) is 0 Å². The first-order chi connectivity index (χ1) is 6.45. The average molecular weight is 180 g/mol. The van der Waals surface area contributed by atoms with E-state index in [4.69, 9.17) is 4.74 Å². The van der Waals surface area contributed by atoms with E-state index in [9.17, 15) is 0 Å². The van der Waals surface area contributed by atoms with Gasteiger partial charge in [-0.15, -0.1) is 0 Å². The molecular formula is C8H12N4O. The highest BCUT2D eigenvalue weighted by Gasteiger charge is 2.05. The van der Waals surface area contributed by atoms with E-state index in [2.05, 4.69) is 15.1 Å². The number of nitrogens with one attached hydrogen (secondary N) is 1. The molecule has 1 fully saturated rings. The molecular weight excluding hydrogens is 168 g/mol. The predicted octanol–water partition coefficient (Wildman–Crippen LogP) is 0.0758. The molecule has 2 heterocycles. The normalized spacial score (nSPS) is 18.3. The molecule has 1 aromatic heterocycles. The molecule has 1 N–H and O–H groups in total. The van der Waals surface area contributed by atoms with Crippen molar-refractivity contribution in [2.45, 2.75) is 0 Å². The number of morpholine rings is 1. The third-order valence-corrected chi connectivity index (χ3v) is 1.85. The molecule has 0 atom stereocenters. The number of H-pyrrole nitrogens is 1. The smallest absolute Gasteiger partial charge is 0.150 e. The molecule has 2 rings (SSSR count). The number of aromatic nitrogens is 2. The summed E-state index contributed by atoms with van der Waals surface area (Å²) in [6.45, 7) is 3.24. The Labute approximate surface area is 76.4 Å². The quantitative estimate of drug-likeness (QED) is 0.655. The summed E-state index contributed by atoms with van der Waals surface area (Å²) >= 11 is 0. The molecule has 70 valence electrons. The van der Waals surface area contributed by atoms with Crippen LogP contribution in [-0.4, -0.2) is 47.5 Å². The van der Waals surface area contributed by atoms with Crippen molar-refractivity contribution in [3.05, 3.63) is 18.2 Å². The number of nitrogens with zero attached hydrogens (tertiary/aromatic N) is 3. The lowest BCUT2D eigenvalue weighted by molar-refractivity contribution is 0.0396. The number of rotatable bonds is 2. The Morgan fingerprint density at radius 1 is 1.54 bits per heavy atom. The Kier molecular flexibility index (Phi) is 2.56. The van der Waals surface area contributed by atoms with Crippen LogP contribution >= 0.6 is 0 Å². The van der Waals surface area contributed by atoms with E-state index < -0.39 is 0 Å². The number of hydrogen-bond acceptors (Lipinski definition) is 4. The molecule has 0 spiro atoms. The molecule has 5 heteroatoms. The standard InChI is InChI=1S/C8H12N4O/c1-2-10-8(9-1)7-11-12-3-5-13-6-4-12/h1-2,7H,3-6H2,(H,9,10)/b11-7+. The predicted molar refractivity (Wildman–Crippen MR) is 48.6 cm³/mol. The Hall–Kier alpha value is -1.36. The van der Waals surface area contributed by atoms with Crippen LogP contribution in [0.25, 0.3) is 0 Å². The third-order valence-electron chi connectivity index (χ3n) is 1.85. The summed E-state index contributed by atoms with van der Waals surface area (Å²) in [4.78, 5) is 7.00. The van der Waals surface area contributed by atoms with Gasteiger partial charge in [-0.25, -0.2) is 4.98 Å². The van der Waals surface area contributed by atoms with E-state index in [1.807, 2.05) is 5.01 Å². The minimum Gasteiger partial charge on any atom is -0.378 e. The van der Waals surface area contributed by atoms with Crippen molar-refractivity contribution in [2.24, 2.45) is 5.10 Å². The molecule has 13 heavy (non-hydrogen) atoms. The zero-order valence-electron chi connectivity index (χ0n) is 7.31. The number of hydrazone groups is 1. The first-order valence-electron chi connectivity index (χ1n) is 4.31. The lowest BCUT2D eigenvalue weighted by atomic mass is 10.5. The second kappa shape index (κ2) is 4.04. The van der Waals surface area contributed by atoms with Gasteiger partial charge in [0.2, 0.25) is 0 Å². The fourth-order valence-electron chi connectivity index (χ4n) is 1.15. The van der Waals surface area contributed by atoms with Gasteiger partial charge in [0.15, 0.2) is 0 Å². The molecule has 0 amide bonds. The van der Waals surface area contributed by atoms with Gasteiger partial charge in [0.05, 0.1) is 32.5 Å². The Balaban J connectivity index is 1.89. The molecule has 0 radical (unpaired) electrons. The van der Waals surface area contributed by atoms with Crippen molar-refractivity contribution < 1.29 is 4.74 Å². The highest BCUT2D eigenvalue weighted by Crippen LogP contribution is 1.96. The van der Waals surface area contributed by atoms with Gasteiger partial charge in [-0.3, -0.25) is 5.01 Å². The fourth-order valence-corrected chi connectivity index (χ4v) is 1.15. The van der Waals surface area contributed by atoms with Gasteiger partial charge < -0.3 is 9.72 Å². The molecule has 1 aliphatic heterocycles. The van der Waals surface area contributed by atoms with Gasteiger partial charge in [-0.2, -0.15) is 5.10 Å². The highest BCUT2D eigenvalue weighted by atomic mass is 16.5. The minimum atomic E-state index is 0.759. The number of hydrogen-bond donors (Lipinski definition) is 1. The minimum absolute atomic E-state index is 0.759. The molecule has 1 saturated heterocycles. The lowest BCUT2D eigenvalue weighted by Crippen LogP contribution is -2.32. The van der Waals surface area contributed by atoms with Crippen molar-refractivity contribution in [1.29, 1.82) is 0 Å². The van der Waals surface area contributed by atoms with Crippen LogP contribution in [0.15, 0.2) is 17.5 Å². The van der Waals surface area contributed by atoms with Crippen LogP contribution in [-0.2, 0) is 4.74 Å². The van der Waals surface area contributed by atoms with Crippen LogP contribution in [0.2, 0.25) is 0 Å². The molecule has 1 aromatic rings. The number of imidazole rings is 1. The van der Waals surface area contributed by atoms with Crippen LogP contribution in [0.3, 0.4) is 0 Å². The Bertz CT molecular complexity index is 264. The summed E-state index contributed by atoms with van der Waals surface area (Å²) in [5.41, 5.74) is 0. The topological polar surface area (TPSA) is 53.5 Å². The largest absolute Gasteiger partial charge is 0.378 e. The van der Waals surface area contributed by atoms with E-state index in [0.29, 0.717) is 0 Å². The zero-order valence-corrected chi connectivity index (χ0v) is 7.31. The Morgan fingerprint density at radius 3 is 3.08 bits per heavy atom. The summed E-state index contributed by atoms with van der Waals surface area (Å²) in [7, 11) is 0.